The molecule has 0 saturated heterocycles. The molecule has 0 amide bonds. The van der Waals surface area contributed by atoms with Gasteiger partial charge in [0.05, 0.1) is 11.7 Å². The first-order valence-electron chi connectivity index (χ1n) is 5.18. The molecule has 0 spiro atoms. The maximum absolute atomic E-state index is 11.0. The van der Waals surface area contributed by atoms with Crippen molar-refractivity contribution in [3.05, 3.63) is 35.4 Å². The predicted octanol–water partition coefficient (Wildman–Crippen LogP) is 1.20. The Balaban J connectivity index is 2.76. The summed E-state index contributed by atoms with van der Waals surface area (Å²) in [5, 5.41) is 18.2. The van der Waals surface area contributed by atoms with Gasteiger partial charge in [0.1, 0.15) is 0 Å². The number of aliphatic hydroxyl groups excluding tert-OH is 1. The lowest BCUT2D eigenvalue weighted by Crippen LogP contribution is -2.27. The van der Waals surface area contributed by atoms with E-state index < -0.39 is 12.1 Å². The number of nitrogens with zero attached hydrogens (tertiary/aromatic N) is 1. The van der Waals surface area contributed by atoms with Gasteiger partial charge in [-0.2, -0.15) is 0 Å². The van der Waals surface area contributed by atoms with E-state index in [1.165, 1.54) is 0 Å². The minimum atomic E-state index is -0.916. The second-order valence-electron chi connectivity index (χ2n) is 4.01. The molecule has 0 bridgehead atoms. The second kappa shape index (κ2) is 5.63. The van der Waals surface area contributed by atoms with E-state index in [9.17, 15) is 9.90 Å². The molecule has 0 aliphatic rings. The van der Waals surface area contributed by atoms with Gasteiger partial charge in [0.2, 0.25) is 0 Å². The van der Waals surface area contributed by atoms with Gasteiger partial charge in [-0.15, -0.1) is 0 Å². The molecular weight excluding hydrogens is 206 g/mol. The third-order valence-electron chi connectivity index (χ3n) is 2.26. The first-order chi connectivity index (χ1) is 7.50. The van der Waals surface area contributed by atoms with E-state index in [0.717, 1.165) is 5.56 Å². The van der Waals surface area contributed by atoms with E-state index in [-0.39, 0.29) is 0 Å². The smallest absolute Gasteiger partial charge is 0.336 e. The molecule has 1 aromatic rings. The fraction of sp³-hybridized carbons (Fsp3) is 0.417. The zero-order chi connectivity index (χ0) is 12.1. The van der Waals surface area contributed by atoms with Crippen LogP contribution in [0, 0.1) is 0 Å². The summed E-state index contributed by atoms with van der Waals surface area (Å²) in [6.07, 6.45) is -0.415. The van der Waals surface area contributed by atoms with Crippen molar-refractivity contribution in [2.24, 2.45) is 0 Å². The van der Waals surface area contributed by atoms with Gasteiger partial charge >= 0.3 is 5.97 Å². The molecule has 1 unspecified atom stereocenters. The zero-order valence-electron chi connectivity index (χ0n) is 9.55. The number of aliphatic hydroxyl groups is 1. The molecule has 0 aliphatic carbocycles. The minimum absolute atomic E-state index is 0.319. The van der Waals surface area contributed by atoms with Gasteiger partial charge in [0, 0.05) is 13.1 Å². The molecule has 4 nitrogen and oxygen atoms in total. The normalized spacial score (nSPS) is 12.8. The summed E-state index contributed by atoms with van der Waals surface area (Å²) in [6.45, 7) is 2.75. The number of benzene rings is 1. The van der Waals surface area contributed by atoms with Gasteiger partial charge < -0.3 is 10.2 Å². The molecule has 0 aromatic heterocycles. The number of hydrogen-bond donors (Lipinski definition) is 2. The van der Waals surface area contributed by atoms with Gasteiger partial charge in [-0.05, 0) is 25.6 Å². The van der Waals surface area contributed by atoms with Crippen LogP contribution in [0.2, 0.25) is 0 Å². The van der Waals surface area contributed by atoms with E-state index >= 15 is 0 Å². The lowest BCUT2D eigenvalue weighted by molar-refractivity contribution is 0.0694. The molecular formula is C12H17NO3. The Hall–Kier alpha value is -1.39. The lowest BCUT2D eigenvalue weighted by Gasteiger charge is -2.19. The molecule has 1 aromatic carbocycles. The molecule has 1 atom stereocenters. The molecule has 16 heavy (non-hydrogen) atoms. The highest BCUT2D eigenvalue weighted by molar-refractivity contribution is 5.89. The van der Waals surface area contributed by atoms with Crippen molar-refractivity contribution in [1.29, 1.82) is 0 Å². The van der Waals surface area contributed by atoms with E-state index in [1.807, 2.05) is 18.0 Å². The Morgan fingerprint density at radius 1 is 1.44 bits per heavy atom. The highest BCUT2D eigenvalue weighted by atomic mass is 16.4. The zero-order valence-corrected chi connectivity index (χ0v) is 9.55. The Bertz CT molecular complexity index is 363. The second-order valence-corrected chi connectivity index (χ2v) is 4.01. The summed E-state index contributed by atoms with van der Waals surface area (Å²) in [5.41, 5.74) is 1.08. The summed E-state index contributed by atoms with van der Waals surface area (Å²) >= 11 is 0. The minimum Gasteiger partial charge on any atom is -0.478 e. The number of hydrogen-bond acceptors (Lipinski definition) is 3. The summed E-state index contributed by atoms with van der Waals surface area (Å²) in [7, 11) is 1.85. The SMILES string of the molecule is CC(O)CN(C)Cc1ccccc1C(=O)O. The van der Waals surface area contributed by atoms with Crippen LogP contribution < -0.4 is 0 Å². The van der Waals surface area contributed by atoms with Gasteiger partial charge in [0.25, 0.3) is 0 Å². The van der Waals surface area contributed by atoms with E-state index in [1.54, 1.807) is 25.1 Å². The molecule has 0 fully saturated rings. The van der Waals surface area contributed by atoms with Crippen LogP contribution >= 0.6 is 0 Å². The van der Waals surface area contributed by atoms with Gasteiger partial charge in [-0.1, -0.05) is 18.2 Å². The fourth-order valence-electron chi connectivity index (χ4n) is 1.67. The van der Waals surface area contributed by atoms with Crippen molar-refractivity contribution in [2.75, 3.05) is 13.6 Å². The Morgan fingerprint density at radius 3 is 2.62 bits per heavy atom. The van der Waals surface area contributed by atoms with Crippen LogP contribution in [0.1, 0.15) is 22.8 Å². The molecule has 0 saturated carbocycles. The predicted molar refractivity (Wildman–Crippen MR) is 61.4 cm³/mol. The van der Waals surface area contributed by atoms with Gasteiger partial charge in [0.15, 0.2) is 0 Å². The lowest BCUT2D eigenvalue weighted by atomic mass is 10.1. The highest BCUT2D eigenvalue weighted by Crippen LogP contribution is 2.11. The van der Waals surface area contributed by atoms with Crippen LogP contribution in [0.3, 0.4) is 0 Å². The van der Waals surface area contributed by atoms with Crippen molar-refractivity contribution in [1.82, 2.24) is 4.90 Å². The van der Waals surface area contributed by atoms with Crippen LogP contribution in [0.25, 0.3) is 0 Å². The maximum atomic E-state index is 11.0. The van der Waals surface area contributed by atoms with Crippen LogP contribution in [-0.4, -0.2) is 40.8 Å². The third-order valence-corrected chi connectivity index (χ3v) is 2.26. The average molecular weight is 223 g/mol. The van der Waals surface area contributed by atoms with E-state index in [2.05, 4.69) is 0 Å². The van der Waals surface area contributed by atoms with Crippen molar-refractivity contribution in [3.8, 4) is 0 Å². The standard InChI is InChI=1S/C12H17NO3/c1-9(14)7-13(2)8-10-5-3-4-6-11(10)12(15)16/h3-6,9,14H,7-8H2,1-2H3,(H,15,16). The van der Waals surface area contributed by atoms with Gasteiger partial charge in [-0.3, -0.25) is 4.90 Å². The first kappa shape index (κ1) is 12.7. The monoisotopic (exact) mass is 223 g/mol. The van der Waals surface area contributed by atoms with Gasteiger partial charge in [-0.25, -0.2) is 4.79 Å². The quantitative estimate of drug-likeness (QED) is 0.787. The van der Waals surface area contributed by atoms with Crippen LogP contribution in [0.4, 0.5) is 0 Å². The van der Waals surface area contributed by atoms with Crippen LogP contribution in [-0.2, 0) is 6.54 Å². The summed E-state index contributed by atoms with van der Waals surface area (Å²) < 4.78 is 0. The molecule has 0 radical (unpaired) electrons. The fourth-order valence-corrected chi connectivity index (χ4v) is 1.67. The molecule has 0 aliphatic heterocycles. The number of likely N-dealkylation sites (N-methyl/N-ethyl adjacent to an activating group) is 1. The summed E-state index contributed by atoms with van der Waals surface area (Å²) in [4.78, 5) is 12.9. The van der Waals surface area contributed by atoms with Crippen molar-refractivity contribution >= 4 is 5.97 Å². The van der Waals surface area contributed by atoms with Crippen molar-refractivity contribution in [2.45, 2.75) is 19.6 Å². The van der Waals surface area contributed by atoms with Crippen LogP contribution in [0.15, 0.2) is 24.3 Å². The molecule has 1 rings (SSSR count). The Morgan fingerprint density at radius 2 is 2.06 bits per heavy atom. The topological polar surface area (TPSA) is 60.8 Å². The highest BCUT2D eigenvalue weighted by Gasteiger charge is 2.11. The number of carboxylic acid groups (broad SMARTS) is 1. The van der Waals surface area contributed by atoms with E-state index in [4.69, 9.17) is 5.11 Å². The van der Waals surface area contributed by atoms with Crippen molar-refractivity contribution in [3.63, 3.8) is 0 Å². The Labute approximate surface area is 95.1 Å². The average Bonchev–Trinajstić information content (AvgIpc) is 2.16. The summed E-state index contributed by atoms with van der Waals surface area (Å²) in [6, 6.07) is 6.91. The molecule has 2 N–H and O–H groups in total. The number of carbonyl (C=O) groups is 1. The molecule has 88 valence electrons. The number of carboxylic acids is 1. The third kappa shape index (κ3) is 3.64. The Kier molecular flexibility index (Phi) is 4.46. The molecule has 4 heteroatoms. The molecule has 0 heterocycles. The number of aromatic carboxylic acids is 1. The first-order valence-corrected chi connectivity index (χ1v) is 5.18. The van der Waals surface area contributed by atoms with Crippen LogP contribution in [0.5, 0.6) is 0 Å². The van der Waals surface area contributed by atoms with E-state index in [0.29, 0.717) is 18.7 Å². The summed E-state index contributed by atoms with van der Waals surface area (Å²) in [5.74, 6) is -0.916. The largest absolute Gasteiger partial charge is 0.478 e. The maximum Gasteiger partial charge on any atom is 0.336 e. The van der Waals surface area contributed by atoms with Crippen molar-refractivity contribution < 1.29 is 15.0 Å². The number of rotatable bonds is 5.